The van der Waals surface area contributed by atoms with E-state index in [1.54, 1.807) is 17.9 Å². The van der Waals surface area contributed by atoms with Crippen LogP contribution in [0, 0.1) is 6.92 Å². The Morgan fingerprint density at radius 2 is 1.86 bits per heavy atom. The van der Waals surface area contributed by atoms with Crippen LogP contribution < -0.4 is 5.56 Å². The SMILES string of the molecule is CC(=O)c1ccc(C)n(CC(=O)N(C)C2CCCCC2)c1=O. The normalized spacial score (nSPS) is 15.6. The lowest BCUT2D eigenvalue weighted by molar-refractivity contribution is -0.133. The number of aromatic nitrogens is 1. The third kappa shape index (κ3) is 3.46. The molecule has 120 valence electrons. The molecule has 1 fully saturated rings. The highest BCUT2D eigenvalue weighted by molar-refractivity contribution is 5.93. The van der Waals surface area contributed by atoms with E-state index < -0.39 is 0 Å². The predicted octanol–water partition coefficient (Wildman–Crippen LogP) is 2.15. The maximum Gasteiger partial charge on any atom is 0.262 e. The van der Waals surface area contributed by atoms with Gasteiger partial charge in [-0.1, -0.05) is 19.3 Å². The Morgan fingerprint density at radius 1 is 1.23 bits per heavy atom. The molecule has 0 radical (unpaired) electrons. The van der Waals surface area contributed by atoms with Crippen molar-refractivity contribution >= 4 is 11.7 Å². The first-order valence-electron chi connectivity index (χ1n) is 7.89. The minimum atomic E-state index is -0.377. The summed E-state index contributed by atoms with van der Waals surface area (Å²) in [5.74, 6) is -0.343. The largest absolute Gasteiger partial charge is 0.341 e. The Bertz CT molecular complexity index is 627. The number of amides is 1. The molecule has 5 heteroatoms. The highest BCUT2D eigenvalue weighted by Crippen LogP contribution is 2.21. The van der Waals surface area contributed by atoms with E-state index >= 15 is 0 Å². The minimum absolute atomic E-state index is 0.00120. The Kier molecular flexibility index (Phi) is 5.16. The number of carbonyl (C=O) groups excluding carboxylic acids is 2. The quantitative estimate of drug-likeness (QED) is 0.801. The van der Waals surface area contributed by atoms with Gasteiger partial charge >= 0.3 is 0 Å². The van der Waals surface area contributed by atoms with Crippen LogP contribution in [0.5, 0.6) is 0 Å². The Morgan fingerprint density at radius 3 is 2.45 bits per heavy atom. The lowest BCUT2D eigenvalue weighted by Crippen LogP contribution is -2.42. The summed E-state index contributed by atoms with van der Waals surface area (Å²) in [7, 11) is 1.81. The second kappa shape index (κ2) is 6.90. The average molecular weight is 304 g/mol. The Labute approximate surface area is 130 Å². The number of hydrogen-bond donors (Lipinski definition) is 0. The number of hydrogen-bond acceptors (Lipinski definition) is 3. The zero-order valence-electron chi connectivity index (χ0n) is 13.6. The van der Waals surface area contributed by atoms with Crippen molar-refractivity contribution in [3.63, 3.8) is 0 Å². The van der Waals surface area contributed by atoms with E-state index in [4.69, 9.17) is 0 Å². The molecule has 0 aromatic carbocycles. The van der Waals surface area contributed by atoms with E-state index in [0.29, 0.717) is 5.69 Å². The van der Waals surface area contributed by atoms with Gasteiger partial charge in [0.05, 0.1) is 5.56 Å². The van der Waals surface area contributed by atoms with Crippen molar-refractivity contribution in [3.8, 4) is 0 Å². The number of likely N-dealkylation sites (N-methyl/N-ethyl adjacent to an activating group) is 1. The van der Waals surface area contributed by atoms with Crippen LogP contribution in [0.15, 0.2) is 16.9 Å². The molecule has 1 amide bonds. The maximum atomic E-state index is 12.5. The lowest BCUT2D eigenvalue weighted by Gasteiger charge is -2.31. The average Bonchev–Trinajstić information content (AvgIpc) is 2.50. The summed E-state index contributed by atoms with van der Waals surface area (Å²) >= 11 is 0. The number of aryl methyl sites for hydroxylation is 1. The molecular formula is C17H24N2O3. The zero-order valence-corrected chi connectivity index (χ0v) is 13.6. The monoisotopic (exact) mass is 304 g/mol. The van der Waals surface area contributed by atoms with Gasteiger partial charge < -0.3 is 9.47 Å². The number of rotatable bonds is 4. The van der Waals surface area contributed by atoms with Gasteiger partial charge in [-0.25, -0.2) is 0 Å². The third-order valence-corrected chi connectivity index (χ3v) is 4.58. The van der Waals surface area contributed by atoms with Crippen molar-refractivity contribution in [3.05, 3.63) is 33.7 Å². The highest BCUT2D eigenvalue weighted by Gasteiger charge is 2.23. The number of nitrogens with zero attached hydrogens (tertiary/aromatic N) is 2. The van der Waals surface area contributed by atoms with Crippen molar-refractivity contribution in [2.24, 2.45) is 0 Å². The van der Waals surface area contributed by atoms with Crippen LogP contribution in [-0.2, 0) is 11.3 Å². The summed E-state index contributed by atoms with van der Waals surface area (Å²) in [5, 5.41) is 0. The molecule has 0 N–H and O–H groups in total. The van der Waals surface area contributed by atoms with Crippen molar-refractivity contribution in [2.75, 3.05) is 7.05 Å². The molecule has 5 nitrogen and oxygen atoms in total. The summed E-state index contributed by atoms with van der Waals surface area (Å²) in [6.07, 6.45) is 5.60. The fraction of sp³-hybridized carbons (Fsp3) is 0.588. The molecule has 1 heterocycles. The van der Waals surface area contributed by atoms with Crippen LogP contribution in [0.1, 0.15) is 55.1 Å². The molecular weight excluding hydrogens is 280 g/mol. The first-order valence-corrected chi connectivity index (χ1v) is 7.89. The van der Waals surface area contributed by atoms with Crippen LogP contribution in [0.25, 0.3) is 0 Å². The van der Waals surface area contributed by atoms with E-state index in [0.717, 1.165) is 25.7 Å². The predicted molar refractivity (Wildman–Crippen MR) is 85.1 cm³/mol. The van der Waals surface area contributed by atoms with Crippen LogP contribution >= 0.6 is 0 Å². The number of carbonyl (C=O) groups is 2. The van der Waals surface area contributed by atoms with E-state index in [-0.39, 0.29) is 35.4 Å². The molecule has 0 saturated heterocycles. The second-order valence-corrected chi connectivity index (χ2v) is 6.13. The summed E-state index contributed by atoms with van der Waals surface area (Å²) < 4.78 is 1.40. The first kappa shape index (κ1) is 16.5. The van der Waals surface area contributed by atoms with Crippen molar-refractivity contribution < 1.29 is 9.59 Å². The van der Waals surface area contributed by atoms with Crippen LogP contribution in [0.3, 0.4) is 0 Å². The second-order valence-electron chi connectivity index (χ2n) is 6.13. The fourth-order valence-electron chi connectivity index (χ4n) is 3.05. The van der Waals surface area contributed by atoms with E-state index in [2.05, 4.69) is 0 Å². The molecule has 0 spiro atoms. The highest BCUT2D eigenvalue weighted by atomic mass is 16.2. The fourth-order valence-corrected chi connectivity index (χ4v) is 3.05. The van der Waals surface area contributed by atoms with Gasteiger partial charge in [-0.3, -0.25) is 14.4 Å². The zero-order chi connectivity index (χ0) is 16.3. The standard InChI is InChI=1S/C17H24N2O3/c1-12-9-10-15(13(2)20)17(22)19(12)11-16(21)18(3)14-7-5-4-6-8-14/h9-10,14H,4-8,11H2,1-3H3. The Balaban J connectivity index is 2.19. The molecule has 0 aliphatic heterocycles. The lowest BCUT2D eigenvalue weighted by atomic mass is 9.94. The molecule has 1 aliphatic rings. The summed E-state index contributed by atoms with van der Waals surface area (Å²) in [5.41, 5.74) is 0.456. The van der Waals surface area contributed by atoms with E-state index in [1.165, 1.54) is 24.0 Å². The van der Waals surface area contributed by atoms with Crippen LogP contribution in [0.2, 0.25) is 0 Å². The molecule has 2 rings (SSSR count). The Hall–Kier alpha value is -1.91. The van der Waals surface area contributed by atoms with Crippen molar-refractivity contribution in [2.45, 2.75) is 58.5 Å². The number of pyridine rings is 1. The van der Waals surface area contributed by atoms with E-state index in [9.17, 15) is 14.4 Å². The van der Waals surface area contributed by atoms with Gasteiger partial charge in [0.15, 0.2) is 5.78 Å². The number of ketones is 1. The molecule has 1 aromatic heterocycles. The number of Topliss-reactive ketones (excluding diaryl/α,β-unsaturated/α-hetero) is 1. The maximum absolute atomic E-state index is 12.5. The molecule has 0 unspecified atom stereocenters. The van der Waals surface area contributed by atoms with Crippen LogP contribution in [0.4, 0.5) is 0 Å². The molecule has 1 saturated carbocycles. The summed E-state index contributed by atoms with van der Waals surface area (Å²) in [4.78, 5) is 38.1. The summed E-state index contributed by atoms with van der Waals surface area (Å²) in [6.45, 7) is 3.14. The summed E-state index contributed by atoms with van der Waals surface area (Å²) in [6, 6.07) is 3.52. The van der Waals surface area contributed by atoms with Crippen molar-refractivity contribution in [1.29, 1.82) is 0 Å². The molecule has 1 aliphatic carbocycles. The minimum Gasteiger partial charge on any atom is -0.341 e. The molecule has 22 heavy (non-hydrogen) atoms. The van der Waals surface area contributed by atoms with Gasteiger partial charge in [-0.15, -0.1) is 0 Å². The van der Waals surface area contributed by atoms with E-state index in [1.807, 2.05) is 7.05 Å². The molecule has 0 atom stereocenters. The van der Waals surface area contributed by atoms with Gasteiger partial charge in [0, 0.05) is 18.8 Å². The molecule has 0 bridgehead atoms. The smallest absolute Gasteiger partial charge is 0.262 e. The topological polar surface area (TPSA) is 59.4 Å². The van der Waals surface area contributed by atoms with Gasteiger partial charge in [0.2, 0.25) is 5.91 Å². The first-order chi connectivity index (χ1) is 10.4. The van der Waals surface area contributed by atoms with Gasteiger partial charge in [0.25, 0.3) is 5.56 Å². The van der Waals surface area contributed by atoms with Crippen LogP contribution in [-0.4, -0.2) is 34.2 Å². The third-order valence-electron chi connectivity index (χ3n) is 4.58. The molecule has 1 aromatic rings. The van der Waals surface area contributed by atoms with Crippen molar-refractivity contribution in [1.82, 2.24) is 9.47 Å². The van der Waals surface area contributed by atoms with Gasteiger partial charge in [-0.2, -0.15) is 0 Å². The van der Waals surface area contributed by atoms with Gasteiger partial charge in [-0.05, 0) is 38.8 Å². The van der Waals surface area contributed by atoms with Gasteiger partial charge in [0.1, 0.15) is 6.54 Å².